The minimum atomic E-state index is -0.336. The first kappa shape index (κ1) is 15.8. The first-order valence-corrected chi connectivity index (χ1v) is 7.88. The van der Waals surface area contributed by atoms with Crippen molar-refractivity contribution >= 4 is 5.91 Å². The third-order valence-corrected chi connectivity index (χ3v) is 4.03. The fourth-order valence-electron chi connectivity index (χ4n) is 2.77. The summed E-state index contributed by atoms with van der Waals surface area (Å²) in [5.74, 6) is 1.36. The summed E-state index contributed by atoms with van der Waals surface area (Å²) in [6.45, 7) is 3.92. The minimum absolute atomic E-state index is 0.220. The van der Waals surface area contributed by atoms with Crippen molar-refractivity contribution < 1.29 is 13.9 Å². The molecule has 3 rings (SSSR count). The lowest BCUT2D eigenvalue weighted by molar-refractivity contribution is 0.0876. The van der Waals surface area contributed by atoms with E-state index in [4.69, 9.17) is 9.15 Å². The van der Waals surface area contributed by atoms with E-state index in [0.717, 1.165) is 36.4 Å². The molecule has 23 heavy (non-hydrogen) atoms. The van der Waals surface area contributed by atoms with Crippen molar-refractivity contribution in [3.05, 3.63) is 40.6 Å². The third-order valence-electron chi connectivity index (χ3n) is 4.03. The van der Waals surface area contributed by atoms with E-state index in [1.807, 2.05) is 19.1 Å². The van der Waals surface area contributed by atoms with E-state index in [2.05, 4.69) is 20.8 Å². The Labute approximate surface area is 134 Å². The number of methoxy groups -OCH3 is 1. The number of carbonyl (C=O) groups is 1. The molecule has 0 bridgehead atoms. The standard InChI is InChI=1S/C16H22N4O3/c1-3-10-4-5-14(23-10)13(9-22-2)18-16(21)15-11-8-17-7-6-12(11)19-20-15/h4-5,13,17H,3,6-9H2,1-2H3,(H,18,21)(H,19,20). The topological polar surface area (TPSA) is 92.2 Å². The van der Waals surface area contributed by atoms with Gasteiger partial charge in [-0.05, 0) is 12.1 Å². The molecule has 2 aromatic rings. The highest BCUT2D eigenvalue weighted by atomic mass is 16.5. The number of ether oxygens (including phenoxy) is 1. The molecule has 3 N–H and O–H groups in total. The molecular formula is C16H22N4O3. The second-order valence-electron chi connectivity index (χ2n) is 5.60. The van der Waals surface area contributed by atoms with Gasteiger partial charge in [0.25, 0.3) is 5.91 Å². The fourth-order valence-corrected chi connectivity index (χ4v) is 2.77. The van der Waals surface area contributed by atoms with E-state index >= 15 is 0 Å². The van der Waals surface area contributed by atoms with E-state index in [-0.39, 0.29) is 11.9 Å². The average Bonchev–Trinajstić information content (AvgIpc) is 3.21. The van der Waals surface area contributed by atoms with E-state index in [0.29, 0.717) is 24.6 Å². The fraction of sp³-hybridized carbons (Fsp3) is 0.500. The molecule has 0 saturated heterocycles. The number of aromatic amines is 1. The molecule has 1 unspecified atom stereocenters. The number of furan rings is 1. The maximum absolute atomic E-state index is 12.6. The van der Waals surface area contributed by atoms with Crippen LogP contribution in [0.4, 0.5) is 0 Å². The zero-order valence-corrected chi connectivity index (χ0v) is 13.4. The van der Waals surface area contributed by atoms with Crippen LogP contribution in [0.15, 0.2) is 16.5 Å². The van der Waals surface area contributed by atoms with Gasteiger partial charge in [-0.15, -0.1) is 0 Å². The summed E-state index contributed by atoms with van der Waals surface area (Å²) >= 11 is 0. The number of carbonyl (C=O) groups excluding carboxylic acids is 1. The Balaban J connectivity index is 1.77. The molecule has 0 saturated carbocycles. The van der Waals surface area contributed by atoms with Crippen molar-refractivity contribution in [3.8, 4) is 0 Å². The minimum Gasteiger partial charge on any atom is -0.464 e. The number of fused-ring (bicyclic) bond motifs is 1. The van der Waals surface area contributed by atoms with Crippen LogP contribution in [0.25, 0.3) is 0 Å². The van der Waals surface area contributed by atoms with Gasteiger partial charge < -0.3 is 19.8 Å². The molecule has 2 aromatic heterocycles. The zero-order chi connectivity index (χ0) is 16.2. The second kappa shape index (κ2) is 6.97. The summed E-state index contributed by atoms with van der Waals surface area (Å²) in [6.07, 6.45) is 1.67. The molecular weight excluding hydrogens is 296 g/mol. The van der Waals surface area contributed by atoms with Crippen LogP contribution in [0, 0.1) is 0 Å². The number of hydrogen-bond donors (Lipinski definition) is 3. The van der Waals surface area contributed by atoms with Crippen LogP contribution in [-0.2, 0) is 24.1 Å². The maximum Gasteiger partial charge on any atom is 0.272 e. The summed E-state index contributed by atoms with van der Waals surface area (Å²) in [5.41, 5.74) is 2.41. The van der Waals surface area contributed by atoms with Crippen molar-refractivity contribution in [2.75, 3.05) is 20.3 Å². The number of aryl methyl sites for hydroxylation is 1. The highest BCUT2D eigenvalue weighted by Crippen LogP contribution is 2.20. The smallest absolute Gasteiger partial charge is 0.272 e. The quantitative estimate of drug-likeness (QED) is 0.747. The van der Waals surface area contributed by atoms with Gasteiger partial charge in [0.1, 0.15) is 17.6 Å². The van der Waals surface area contributed by atoms with Crippen LogP contribution in [0.3, 0.4) is 0 Å². The van der Waals surface area contributed by atoms with Crippen LogP contribution in [0.2, 0.25) is 0 Å². The van der Waals surface area contributed by atoms with Crippen LogP contribution in [0.1, 0.15) is 46.2 Å². The molecule has 0 radical (unpaired) electrons. The Hall–Kier alpha value is -2.12. The number of nitrogens with one attached hydrogen (secondary N) is 3. The van der Waals surface area contributed by atoms with Gasteiger partial charge >= 0.3 is 0 Å². The highest BCUT2D eigenvalue weighted by Gasteiger charge is 2.25. The highest BCUT2D eigenvalue weighted by molar-refractivity contribution is 5.94. The second-order valence-corrected chi connectivity index (χ2v) is 5.60. The van der Waals surface area contributed by atoms with Crippen molar-refractivity contribution in [2.45, 2.75) is 32.4 Å². The van der Waals surface area contributed by atoms with Gasteiger partial charge in [0.2, 0.25) is 0 Å². The van der Waals surface area contributed by atoms with Crippen LogP contribution in [0.5, 0.6) is 0 Å². The summed E-state index contributed by atoms with van der Waals surface area (Å²) < 4.78 is 11.0. The predicted molar refractivity (Wildman–Crippen MR) is 84.2 cm³/mol. The monoisotopic (exact) mass is 318 g/mol. The summed E-state index contributed by atoms with van der Waals surface area (Å²) in [6, 6.07) is 3.46. The Bertz CT molecular complexity index is 677. The molecule has 0 aromatic carbocycles. The molecule has 1 amide bonds. The molecule has 0 spiro atoms. The molecule has 7 nitrogen and oxygen atoms in total. The largest absolute Gasteiger partial charge is 0.464 e. The van der Waals surface area contributed by atoms with E-state index in [9.17, 15) is 4.79 Å². The van der Waals surface area contributed by atoms with Gasteiger partial charge in [-0.25, -0.2) is 0 Å². The normalized spacial score (nSPS) is 15.2. The van der Waals surface area contributed by atoms with Crippen LogP contribution < -0.4 is 10.6 Å². The van der Waals surface area contributed by atoms with Crippen molar-refractivity contribution in [2.24, 2.45) is 0 Å². The average molecular weight is 318 g/mol. The molecule has 1 atom stereocenters. The van der Waals surface area contributed by atoms with Gasteiger partial charge in [-0.2, -0.15) is 5.10 Å². The van der Waals surface area contributed by atoms with E-state index in [1.54, 1.807) is 7.11 Å². The Kier molecular flexibility index (Phi) is 4.78. The number of nitrogens with zero attached hydrogens (tertiary/aromatic N) is 1. The molecule has 0 fully saturated rings. The first-order valence-electron chi connectivity index (χ1n) is 7.88. The SMILES string of the molecule is CCc1ccc(C(COC)NC(=O)c2n[nH]c3c2CNCC3)o1. The number of H-pyrrole nitrogens is 1. The lowest BCUT2D eigenvalue weighted by Crippen LogP contribution is -2.33. The maximum atomic E-state index is 12.6. The lowest BCUT2D eigenvalue weighted by Gasteiger charge is -2.17. The number of hydrogen-bond acceptors (Lipinski definition) is 5. The van der Waals surface area contributed by atoms with Gasteiger partial charge in [0.15, 0.2) is 5.69 Å². The molecule has 0 aliphatic carbocycles. The van der Waals surface area contributed by atoms with Crippen LogP contribution >= 0.6 is 0 Å². The zero-order valence-electron chi connectivity index (χ0n) is 13.4. The Morgan fingerprint density at radius 3 is 3.13 bits per heavy atom. The number of amides is 1. The molecule has 124 valence electrons. The Morgan fingerprint density at radius 2 is 2.39 bits per heavy atom. The summed E-state index contributed by atoms with van der Waals surface area (Å²) in [7, 11) is 1.60. The molecule has 3 heterocycles. The van der Waals surface area contributed by atoms with E-state index < -0.39 is 0 Å². The first-order chi connectivity index (χ1) is 11.2. The van der Waals surface area contributed by atoms with Crippen molar-refractivity contribution in [3.63, 3.8) is 0 Å². The Morgan fingerprint density at radius 1 is 1.52 bits per heavy atom. The molecule has 1 aliphatic heterocycles. The van der Waals surface area contributed by atoms with E-state index in [1.165, 1.54) is 0 Å². The molecule has 1 aliphatic rings. The van der Waals surface area contributed by atoms with Gasteiger partial charge in [-0.3, -0.25) is 9.89 Å². The lowest BCUT2D eigenvalue weighted by atomic mass is 10.1. The van der Waals surface area contributed by atoms with Gasteiger partial charge in [0.05, 0.1) is 6.61 Å². The van der Waals surface area contributed by atoms with Gasteiger partial charge in [0, 0.05) is 44.3 Å². The van der Waals surface area contributed by atoms with Crippen molar-refractivity contribution in [1.29, 1.82) is 0 Å². The number of rotatable bonds is 6. The molecule has 7 heteroatoms. The summed E-state index contributed by atoms with van der Waals surface area (Å²) in [5, 5.41) is 13.4. The van der Waals surface area contributed by atoms with Gasteiger partial charge in [-0.1, -0.05) is 6.92 Å². The number of aromatic nitrogens is 2. The summed E-state index contributed by atoms with van der Waals surface area (Å²) in [4.78, 5) is 12.6. The van der Waals surface area contributed by atoms with Crippen molar-refractivity contribution in [1.82, 2.24) is 20.8 Å². The third kappa shape index (κ3) is 3.30. The predicted octanol–water partition coefficient (Wildman–Crippen LogP) is 1.33. The van der Waals surface area contributed by atoms with Crippen LogP contribution in [-0.4, -0.2) is 36.4 Å².